The molecule has 0 radical (unpaired) electrons. The Morgan fingerprint density at radius 3 is 2.47 bits per heavy atom. The summed E-state index contributed by atoms with van der Waals surface area (Å²) in [5.41, 5.74) is 1.07. The van der Waals surface area contributed by atoms with E-state index in [4.69, 9.17) is 4.74 Å². The Balaban J connectivity index is 3.03. The number of nitrogens with one attached hydrogen (secondary N) is 1. The highest BCUT2D eigenvalue weighted by molar-refractivity contribution is 5.37. The summed E-state index contributed by atoms with van der Waals surface area (Å²) in [7, 11) is 1.73. The van der Waals surface area contributed by atoms with Crippen molar-refractivity contribution in [2.24, 2.45) is 0 Å². The SMILES string of the molecule is CCCNc1cc(C(C)C)nc(C(CCC)OC)n1. The number of nitrogens with zero attached hydrogens (tertiary/aromatic N) is 2. The topological polar surface area (TPSA) is 47.0 Å². The van der Waals surface area contributed by atoms with E-state index in [2.05, 4.69) is 43.0 Å². The highest BCUT2D eigenvalue weighted by Crippen LogP contribution is 2.23. The molecule has 19 heavy (non-hydrogen) atoms. The molecule has 0 aliphatic heterocycles. The van der Waals surface area contributed by atoms with Gasteiger partial charge in [-0.25, -0.2) is 9.97 Å². The van der Waals surface area contributed by atoms with Crippen LogP contribution in [0.2, 0.25) is 0 Å². The van der Waals surface area contributed by atoms with Crippen LogP contribution < -0.4 is 5.32 Å². The van der Waals surface area contributed by atoms with Gasteiger partial charge in [0.25, 0.3) is 0 Å². The minimum atomic E-state index is -0.00845. The number of methoxy groups -OCH3 is 1. The lowest BCUT2D eigenvalue weighted by atomic mass is 10.1. The molecule has 0 aromatic carbocycles. The number of anilines is 1. The summed E-state index contributed by atoms with van der Waals surface area (Å²) in [6.07, 6.45) is 3.08. The summed E-state index contributed by atoms with van der Waals surface area (Å²) in [5, 5.41) is 3.34. The highest BCUT2D eigenvalue weighted by Gasteiger charge is 2.16. The van der Waals surface area contributed by atoms with Gasteiger partial charge in [-0.05, 0) is 18.8 Å². The largest absolute Gasteiger partial charge is 0.373 e. The Morgan fingerprint density at radius 1 is 1.21 bits per heavy atom. The summed E-state index contributed by atoms with van der Waals surface area (Å²) in [6.45, 7) is 9.52. The molecule has 0 spiro atoms. The van der Waals surface area contributed by atoms with Crippen LogP contribution in [0.15, 0.2) is 6.07 Å². The van der Waals surface area contributed by atoms with Crippen LogP contribution in [0.1, 0.15) is 70.5 Å². The van der Waals surface area contributed by atoms with Crippen LogP contribution >= 0.6 is 0 Å². The van der Waals surface area contributed by atoms with Gasteiger partial charge in [0.05, 0.1) is 0 Å². The van der Waals surface area contributed by atoms with Gasteiger partial charge >= 0.3 is 0 Å². The molecule has 1 heterocycles. The van der Waals surface area contributed by atoms with E-state index in [1.165, 1.54) is 0 Å². The van der Waals surface area contributed by atoms with Gasteiger partial charge in [-0.3, -0.25) is 0 Å². The molecule has 1 aromatic rings. The first-order valence-electron chi connectivity index (χ1n) is 7.27. The molecule has 4 nitrogen and oxygen atoms in total. The molecule has 0 fully saturated rings. The van der Waals surface area contributed by atoms with E-state index in [1.54, 1.807) is 7.11 Å². The molecule has 0 bridgehead atoms. The van der Waals surface area contributed by atoms with Gasteiger partial charge in [0, 0.05) is 25.4 Å². The first-order valence-corrected chi connectivity index (χ1v) is 7.27. The second-order valence-corrected chi connectivity index (χ2v) is 5.13. The molecule has 0 aliphatic rings. The Hall–Kier alpha value is -1.16. The molecule has 1 unspecified atom stereocenters. The fourth-order valence-corrected chi connectivity index (χ4v) is 1.88. The minimum absolute atomic E-state index is 0.00845. The van der Waals surface area contributed by atoms with E-state index in [1.807, 2.05) is 6.07 Å². The van der Waals surface area contributed by atoms with Crippen LogP contribution in [-0.4, -0.2) is 23.6 Å². The van der Waals surface area contributed by atoms with Gasteiger partial charge in [-0.2, -0.15) is 0 Å². The van der Waals surface area contributed by atoms with Crippen molar-refractivity contribution in [3.8, 4) is 0 Å². The van der Waals surface area contributed by atoms with Crippen LogP contribution in [0, 0.1) is 0 Å². The number of rotatable bonds is 8. The van der Waals surface area contributed by atoms with Crippen molar-refractivity contribution in [1.82, 2.24) is 9.97 Å². The Labute approximate surface area is 117 Å². The highest BCUT2D eigenvalue weighted by atomic mass is 16.5. The van der Waals surface area contributed by atoms with Crippen LogP contribution in [0.25, 0.3) is 0 Å². The van der Waals surface area contributed by atoms with Crippen molar-refractivity contribution >= 4 is 5.82 Å². The second-order valence-electron chi connectivity index (χ2n) is 5.13. The Bertz CT molecular complexity index is 380. The third kappa shape index (κ3) is 4.78. The number of hydrogen-bond donors (Lipinski definition) is 1. The molecular formula is C15H27N3O. The van der Waals surface area contributed by atoms with Gasteiger partial charge in [0.15, 0.2) is 5.82 Å². The average Bonchev–Trinajstić information content (AvgIpc) is 2.42. The van der Waals surface area contributed by atoms with Crippen LogP contribution in [0.4, 0.5) is 5.82 Å². The maximum Gasteiger partial charge on any atom is 0.159 e. The fraction of sp³-hybridized carbons (Fsp3) is 0.733. The summed E-state index contributed by atoms with van der Waals surface area (Å²) in [4.78, 5) is 9.25. The molecule has 0 amide bonds. The zero-order chi connectivity index (χ0) is 14.3. The maximum absolute atomic E-state index is 5.52. The monoisotopic (exact) mass is 265 g/mol. The fourth-order valence-electron chi connectivity index (χ4n) is 1.88. The van der Waals surface area contributed by atoms with E-state index >= 15 is 0 Å². The quantitative estimate of drug-likeness (QED) is 0.774. The first-order chi connectivity index (χ1) is 9.12. The Morgan fingerprint density at radius 2 is 1.95 bits per heavy atom. The van der Waals surface area contributed by atoms with Gasteiger partial charge in [-0.15, -0.1) is 0 Å². The third-order valence-corrected chi connectivity index (χ3v) is 3.03. The molecule has 1 N–H and O–H groups in total. The summed E-state index contributed by atoms with van der Waals surface area (Å²) in [6, 6.07) is 2.04. The predicted octanol–water partition coefficient (Wildman–Crippen LogP) is 3.91. The standard InChI is InChI=1S/C15H27N3O/c1-6-8-13(19-5)15-17-12(11(3)4)10-14(18-15)16-9-7-2/h10-11,13H,6-9H2,1-5H3,(H,16,17,18). The molecule has 1 aromatic heterocycles. The molecule has 0 aliphatic carbocycles. The van der Waals surface area contributed by atoms with Crippen molar-refractivity contribution in [1.29, 1.82) is 0 Å². The van der Waals surface area contributed by atoms with Crippen LogP contribution in [0.5, 0.6) is 0 Å². The number of aromatic nitrogens is 2. The van der Waals surface area contributed by atoms with Gasteiger partial charge in [0.1, 0.15) is 11.9 Å². The van der Waals surface area contributed by atoms with Gasteiger partial charge < -0.3 is 10.1 Å². The molecular weight excluding hydrogens is 238 g/mol. The minimum Gasteiger partial charge on any atom is -0.373 e. The lowest BCUT2D eigenvalue weighted by molar-refractivity contribution is 0.0875. The van der Waals surface area contributed by atoms with E-state index in [9.17, 15) is 0 Å². The molecule has 1 atom stereocenters. The third-order valence-electron chi connectivity index (χ3n) is 3.03. The van der Waals surface area contributed by atoms with E-state index in [0.29, 0.717) is 5.92 Å². The average molecular weight is 265 g/mol. The predicted molar refractivity (Wildman–Crippen MR) is 79.6 cm³/mol. The second kappa shape index (κ2) is 8.10. The van der Waals surface area contributed by atoms with E-state index < -0.39 is 0 Å². The zero-order valence-electron chi connectivity index (χ0n) is 12.9. The molecule has 108 valence electrons. The molecule has 1 rings (SSSR count). The molecule has 0 saturated heterocycles. The molecule has 4 heteroatoms. The van der Waals surface area contributed by atoms with Crippen LogP contribution in [0.3, 0.4) is 0 Å². The van der Waals surface area contributed by atoms with Crippen molar-refractivity contribution in [3.05, 3.63) is 17.6 Å². The maximum atomic E-state index is 5.52. The summed E-state index contributed by atoms with van der Waals surface area (Å²) in [5.74, 6) is 2.10. The number of ether oxygens (including phenoxy) is 1. The number of hydrogen-bond acceptors (Lipinski definition) is 4. The summed E-state index contributed by atoms with van der Waals surface area (Å²) < 4.78 is 5.52. The van der Waals surface area contributed by atoms with Gasteiger partial charge in [0.2, 0.25) is 0 Å². The van der Waals surface area contributed by atoms with E-state index in [-0.39, 0.29) is 6.10 Å². The Kier molecular flexibility index (Phi) is 6.78. The lowest BCUT2D eigenvalue weighted by Gasteiger charge is -2.17. The van der Waals surface area contributed by atoms with Gasteiger partial charge in [-0.1, -0.05) is 34.1 Å². The normalized spacial score (nSPS) is 12.7. The zero-order valence-corrected chi connectivity index (χ0v) is 12.9. The van der Waals surface area contributed by atoms with Crippen molar-refractivity contribution in [3.63, 3.8) is 0 Å². The summed E-state index contributed by atoms with van der Waals surface area (Å²) >= 11 is 0. The van der Waals surface area contributed by atoms with Crippen molar-refractivity contribution in [2.75, 3.05) is 19.0 Å². The van der Waals surface area contributed by atoms with Crippen molar-refractivity contribution < 1.29 is 4.74 Å². The smallest absolute Gasteiger partial charge is 0.159 e. The van der Waals surface area contributed by atoms with Crippen molar-refractivity contribution in [2.45, 2.75) is 59.0 Å². The molecule has 0 saturated carbocycles. The van der Waals surface area contributed by atoms with E-state index in [0.717, 1.165) is 43.1 Å². The first kappa shape index (κ1) is 15.9. The lowest BCUT2D eigenvalue weighted by Crippen LogP contribution is -2.12. The van der Waals surface area contributed by atoms with Crippen LogP contribution in [-0.2, 0) is 4.74 Å².